The van der Waals surface area contributed by atoms with Gasteiger partial charge in [-0.05, 0) is 24.6 Å². The largest absolute Gasteiger partial charge is 0.486 e. The fraction of sp³-hybridized carbons (Fsp3) is 0.533. The Hall–Kier alpha value is -1.75. The van der Waals surface area contributed by atoms with Gasteiger partial charge in [0.2, 0.25) is 5.91 Å². The molecule has 5 heteroatoms. The number of amides is 1. The Morgan fingerprint density at radius 1 is 1.25 bits per heavy atom. The predicted molar refractivity (Wildman–Crippen MR) is 73.1 cm³/mol. The average molecular weight is 277 g/mol. The van der Waals surface area contributed by atoms with Gasteiger partial charge in [0.05, 0.1) is 19.1 Å². The molecule has 20 heavy (non-hydrogen) atoms. The van der Waals surface area contributed by atoms with Crippen molar-refractivity contribution in [3.63, 3.8) is 0 Å². The highest BCUT2D eigenvalue weighted by molar-refractivity contribution is 5.79. The maximum atomic E-state index is 12.3. The van der Waals surface area contributed by atoms with Gasteiger partial charge in [0.15, 0.2) is 11.5 Å². The number of fused-ring (bicyclic) bond motifs is 1. The monoisotopic (exact) mass is 277 g/mol. The normalized spacial score (nSPS) is 21.6. The second-order valence-corrected chi connectivity index (χ2v) is 5.18. The van der Waals surface area contributed by atoms with Gasteiger partial charge in [-0.2, -0.15) is 0 Å². The SMILES string of the molecule is C[C@@H]1CN(C(=O)Cc2ccc3c(c2)OCCO3)CCO1. The van der Waals surface area contributed by atoms with Crippen LogP contribution >= 0.6 is 0 Å². The molecule has 108 valence electrons. The summed E-state index contributed by atoms with van der Waals surface area (Å²) in [5.41, 5.74) is 0.957. The summed E-state index contributed by atoms with van der Waals surface area (Å²) in [4.78, 5) is 14.1. The van der Waals surface area contributed by atoms with Gasteiger partial charge >= 0.3 is 0 Å². The molecule has 3 rings (SSSR count). The minimum atomic E-state index is 0.118. The van der Waals surface area contributed by atoms with Crippen LogP contribution in [-0.2, 0) is 16.0 Å². The summed E-state index contributed by atoms with van der Waals surface area (Å²) in [7, 11) is 0. The first-order valence-electron chi connectivity index (χ1n) is 7.00. The van der Waals surface area contributed by atoms with Crippen LogP contribution in [0.15, 0.2) is 18.2 Å². The van der Waals surface area contributed by atoms with E-state index in [1.807, 2.05) is 30.0 Å². The highest BCUT2D eigenvalue weighted by atomic mass is 16.6. The van der Waals surface area contributed by atoms with E-state index in [9.17, 15) is 4.79 Å². The van der Waals surface area contributed by atoms with Crippen LogP contribution < -0.4 is 9.47 Å². The number of nitrogens with zero attached hydrogens (tertiary/aromatic N) is 1. The smallest absolute Gasteiger partial charge is 0.227 e. The van der Waals surface area contributed by atoms with E-state index in [0.717, 1.165) is 17.1 Å². The molecule has 0 unspecified atom stereocenters. The van der Waals surface area contributed by atoms with Crippen LogP contribution in [0.3, 0.4) is 0 Å². The zero-order chi connectivity index (χ0) is 13.9. The summed E-state index contributed by atoms with van der Waals surface area (Å²) >= 11 is 0. The van der Waals surface area contributed by atoms with Gasteiger partial charge in [0, 0.05) is 13.1 Å². The molecule has 1 amide bonds. The van der Waals surface area contributed by atoms with Crippen molar-refractivity contribution in [3.8, 4) is 11.5 Å². The van der Waals surface area contributed by atoms with Gasteiger partial charge in [-0.1, -0.05) is 6.07 Å². The van der Waals surface area contributed by atoms with Crippen molar-refractivity contribution >= 4 is 5.91 Å². The van der Waals surface area contributed by atoms with Crippen LogP contribution in [0.5, 0.6) is 11.5 Å². The quantitative estimate of drug-likeness (QED) is 0.816. The summed E-state index contributed by atoms with van der Waals surface area (Å²) < 4.78 is 16.5. The molecule has 1 saturated heterocycles. The molecule has 0 saturated carbocycles. The Morgan fingerprint density at radius 3 is 2.85 bits per heavy atom. The summed E-state index contributed by atoms with van der Waals surface area (Å²) in [5, 5.41) is 0. The minimum absolute atomic E-state index is 0.118. The van der Waals surface area contributed by atoms with Gasteiger partial charge < -0.3 is 19.1 Å². The van der Waals surface area contributed by atoms with Crippen molar-refractivity contribution in [2.75, 3.05) is 32.9 Å². The first kappa shape index (κ1) is 13.2. The molecular formula is C15H19NO4. The van der Waals surface area contributed by atoms with Crippen LogP contribution in [-0.4, -0.2) is 49.8 Å². The van der Waals surface area contributed by atoms with Crippen molar-refractivity contribution in [2.24, 2.45) is 0 Å². The molecule has 1 aromatic rings. The number of rotatable bonds is 2. The van der Waals surface area contributed by atoms with Crippen LogP contribution in [0.2, 0.25) is 0 Å². The summed E-state index contributed by atoms with van der Waals surface area (Å²) in [6.45, 7) is 5.09. The lowest BCUT2D eigenvalue weighted by Gasteiger charge is -2.31. The van der Waals surface area contributed by atoms with E-state index in [2.05, 4.69) is 0 Å². The molecule has 1 atom stereocenters. The van der Waals surface area contributed by atoms with Crippen LogP contribution in [0.25, 0.3) is 0 Å². The van der Waals surface area contributed by atoms with Gasteiger partial charge in [-0.25, -0.2) is 0 Å². The second kappa shape index (κ2) is 5.71. The molecule has 2 aliphatic rings. The summed E-state index contributed by atoms with van der Waals surface area (Å²) in [5.74, 6) is 1.63. The zero-order valence-electron chi connectivity index (χ0n) is 11.6. The first-order chi connectivity index (χ1) is 9.72. The molecule has 0 aliphatic carbocycles. The zero-order valence-corrected chi connectivity index (χ0v) is 11.6. The maximum Gasteiger partial charge on any atom is 0.227 e. The summed E-state index contributed by atoms with van der Waals surface area (Å²) in [6.07, 6.45) is 0.511. The lowest BCUT2D eigenvalue weighted by atomic mass is 10.1. The fourth-order valence-corrected chi connectivity index (χ4v) is 2.53. The highest BCUT2D eigenvalue weighted by Crippen LogP contribution is 2.31. The number of ether oxygens (including phenoxy) is 3. The third-order valence-corrected chi connectivity index (χ3v) is 3.56. The van der Waals surface area contributed by atoms with Crippen molar-refractivity contribution in [3.05, 3.63) is 23.8 Å². The molecule has 1 aromatic carbocycles. The van der Waals surface area contributed by atoms with Gasteiger partial charge in [-0.15, -0.1) is 0 Å². The first-order valence-corrected chi connectivity index (χ1v) is 7.00. The number of carbonyl (C=O) groups is 1. The maximum absolute atomic E-state index is 12.3. The molecule has 0 radical (unpaired) electrons. The third-order valence-electron chi connectivity index (χ3n) is 3.56. The van der Waals surface area contributed by atoms with Crippen LogP contribution in [0, 0.1) is 0 Å². The van der Waals surface area contributed by atoms with Crippen molar-refractivity contribution in [1.29, 1.82) is 0 Å². The standard InChI is InChI=1S/C15H19NO4/c1-11-10-16(4-5-18-11)15(17)9-12-2-3-13-14(8-12)20-7-6-19-13/h2-3,8,11H,4-7,9-10H2,1H3/t11-/m1/s1. The topological polar surface area (TPSA) is 48.0 Å². The van der Waals surface area contributed by atoms with E-state index < -0.39 is 0 Å². The third kappa shape index (κ3) is 2.88. The molecule has 0 bridgehead atoms. The van der Waals surface area contributed by atoms with Gasteiger partial charge in [-0.3, -0.25) is 4.79 Å². The minimum Gasteiger partial charge on any atom is -0.486 e. The molecule has 0 N–H and O–H groups in total. The molecule has 0 spiro atoms. The Morgan fingerprint density at radius 2 is 2.05 bits per heavy atom. The van der Waals surface area contributed by atoms with E-state index >= 15 is 0 Å². The van der Waals surface area contributed by atoms with E-state index in [1.165, 1.54) is 0 Å². The van der Waals surface area contributed by atoms with Crippen LogP contribution in [0.4, 0.5) is 0 Å². The number of hydrogen-bond acceptors (Lipinski definition) is 4. The number of carbonyl (C=O) groups excluding carboxylic acids is 1. The highest BCUT2D eigenvalue weighted by Gasteiger charge is 2.22. The number of benzene rings is 1. The molecule has 2 aliphatic heterocycles. The Balaban J connectivity index is 1.66. The van der Waals surface area contributed by atoms with Crippen molar-refractivity contribution < 1.29 is 19.0 Å². The van der Waals surface area contributed by atoms with Gasteiger partial charge in [0.1, 0.15) is 13.2 Å². The predicted octanol–water partition coefficient (Wildman–Crippen LogP) is 1.25. The Bertz CT molecular complexity index is 503. The van der Waals surface area contributed by atoms with E-state index in [-0.39, 0.29) is 12.0 Å². The lowest BCUT2D eigenvalue weighted by Crippen LogP contribution is -2.45. The van der Waals surface area contributed by atoms with E-state index in [1.54, 1.807) is 0 Å². The number of morpholine rings is 1. The van der Waals surface area contributed by atoms with Crippen molar-refractivity contribution in [2.45, 2.75) is 19.4 Å². The summed E-state index contributed by atoms with van der Waals surface area (Å²) in [6, 6.07) is 5.70. The van der Waals surface area contributed by atoms with Crippen molar-refractivity contribution in [1.82, 2.24) is 4.90 Å². The molecule has 1 fully saturated rings. The lowest BCUT2D eigenvalue weighted by molar-refractivity contribution is -0.137. The molecule has 0 aromatic heterocycles. The Labute approximate surface area is 118 Å². The second-order valence-electron chi connectivity index (χ2n) is 5.18. The van der Waals surface area contributed by atoms with Gasteiger partial charge in [0.25, 0.3) is 0 Å². The van der Waals surface area contributed by atoms with E-state index in [0.29, 0.717) is 39.3 Å². The Kier molecular flexibility index (Phi) is 3.78. The molecular weight excluding hydrogens is 258 g/mol. The number of hydrogen-bond donors (Lipinski definition) is 0. The average Bonchev–Trinajstić information content (AvgIpc) is 2.47. The molecule has 2 heterocycles. The molecule has 5 nitrogen and oxygen atoms in total. The fourth-order valence-electron chi connectivity index (χ4n) is 2.53. The van der Waals surface area contributed by atoms with E-state index in [4.69, 9.17) is 14.2 Å². The van der Waals surface area contributed by atoms with Crippen LogP contribution in [0.1, 0.15) is 12.5 Å².